The third-order valence-corrected chi connectivity index (χ3v) is 9.68. The van der Waals surface area contributed by atoms with E-state index in [9.17, 15) is 19.2 Å². The van der Waals surface area contributed by atoms with Crippen LogP contribution in [0.1, 0.15) is 59.9 Å². The number of aryl methyl sites for hydroxylation is 1. The summed E-state index contributed by atoms with van der Waals surface area (Å²) in [5.41, 5.74) is 1.43. The zero-order valence-corrected chi connectivity index (χ0v) is 26.6. The Morgan fingerprint density at radius 2 is 1.57 bits per heavy atom. The molecular weight excluding hydrogens is 564 g/mol. The zero-order valence-electron chi connectivity index (χ0n) is 26.6. The third kappa shape index (κ3) is 6.14. The fraction of sp³-hybridized carbons (Fsp3) is 0.625. The van der Waals surface area contributed by atoms with Gasteiger partial charge in [0.15, 0.2) is 0 Å². The number of aromatic nitrogens is 1. The van der Waals surface area contributed by atoms with Crippen LogP contribution < -0.4 is 15.4 Å². The first-order chi connectivity index (χ1) is 21.2. The highest BCUT2D eigenvalue weighted by atomic mass is 16.5. The molecule has 3 aliphatic rings. The van der Waals surface area contributed by atoms with Gasteiger partial charge in [-0.15, -0.1) is 0 Å². The van der Waals surface area contributed by atoms with Crippen LogP contribution >= 0.6 is 0 Å². The molecule has 1 aliphatic carbocycles. The van der Waals surface area contributed by atoms with Gasteiger partial charge in [-0.05, 0) is 44.9 Å². The van der Waals surface area contributed by atoms with E-state index >= 15 is 0 Å². The SMILES string of the molecule is CNC(C)C(=O)NC(C(=O)N1CCN(C(=O)c2c(C(=O)N3CC(OC)C3)c3ccc(OC)cc3n2C)CC1)C1CCCCC1. The molecule has 12 heteroatoms. The molecule has 2 unspecified atom stereocenters. The number of likely N-dealkylation sites (tertiary alicyclic amines) is 1. The first-order valence-corrected chi connectivity index (χ1v) is 15.7. The Hall–Kier alpha value is -3.64. The van der Waals surface area contributed by atoms with E-state index in [1.807, 2.05) is 12.1 Å². The summed E-state index contributed by atoms with van der Waals surface area (Å²) in [5.74, 6) is 0.0161. The Balaban J connectivity index is 1.35. The van der Waals surface area contributed by atoms with Crippen molar-refractivity contribution in [1.82, 2.24) is 29.9 Å². The number of nitrogens with one attached hydrogen (secondary N) is 2. The normalized spacial score (nSPS) is 19.4. The van der Waals surface area contributed by atoms with E-state index in [4.69, 9.17) is 9.47 Å². The lowest BCUT2D eigenvalue weighted by Crippen LogP contribution is -2.59. The van der Waals surface area contributed by atoms with Gasteiger partial charge in [0, 0.05) is 64.9 Å². The number of amides is 4. The lowest BCUT2D eigenvalue weighted by Gasteiger charge is -2.39. The Bertz CT molecular complexity index is 1390. The average molecular weight is 611 g/mol. The molecule has 4 amide bonds. The van der Waals surface area contributed by atoms with Crippen LogP contribution in [-0.2, 0) is 21.4 Å². The lowest BCUT2D eigenvalue weighted by molar-refractivity contribution is -0.140. The molecular formula is C32H46N6O6. The molecule has 2 aliphatic heterocycles. The van der Waals surface area contributed by atoms with E-state index in [1.54, 1.807) is 60.6 Å². The molecule has 240 valence electrons. The van der Waals surface area contributed by atoms with Crippen molar-refractivity contribution >= 4 is 34.5 Å². The summed E-state index contributed by atoms with van der Waals surface area (Å²) in [6.07, 6.45) is 5.06. The quantitative estimate of drug-likeness (QED) is 0.442. The summed E-state index contributed by atoms with van der Waals surface area (Å²) in [6, 6.07) is 4.48. The number of nitrogens with zero attached hydrogens (tertiary/aromatic N) is 4. The average Bonchev–Trinajstić information content (AvgIpc) is 3.33. The largest absolute Gasteiger partial charge is 0.497 e. The summed E-state index contributed by atoms with van der Waals surface area (Å²) in [6.45, 7) is 4.10. The third-order valence-electron chi connectivity index (χ3n) is 9.68. The molecule has 1 aromatic carbocycles. The molecule has 5 rings (SSSR count). The number of likely N-dealkylation sites (N-methyl/N-ethyl adjacent to an activating group) is 1. The van der Waals surface area contributed by atoms with E-state index in [0.717, 1.165) is 37.6 Å². The second-order valence-corrected chi connectivity index (χ2v) is 12.2. The molecule has 2 N–H and O–H groups in total. The molecule has 0 radical (unpaired) electrons. The first kappa shape index (κ1) is 31.8. The Morgan fingerprint density at radius 3 is 2.18 bits per heavy atom. The first-order valence-electron chi connectivity index (χ1n) is 15.7. The summed E-state index contributed by atoms with van der Waals surface area (Å²) >= 11 is 0. The molecule has 3 fully saturated rings. The molecule has 0 bridgehead atoms. The van der Waals surface area contributed by atoms with E-state index in [-0.39, 0.29) is 35.7 Å². The van der Waals surface area contributed by atoms with Crippen LogP contribution in [-0.4, -0.2) is 122 Å². The second kappa shape index (κ2) is 13.6. The number of ether oxygens (including phenoxy) is 2. The number of hydrogen-bond acceptors (Lipinski definition) is 7. The predicted octanol–water partition coefficient (Wildman–Crippen LogP) is 1.62. The lowest BCUT2D eigenvalue weighted by atomic mass is 9.83. The highest BCUT2D eigenvalue weighted by molar-refractivity contribution is 6.16. The predicted molar refractivity (Wildman–Crippen MR) is 166 cm³/mol. The van der Waals surface area contributed by atoms with Gasteiger partial charge < -0.3 is 39.4 Å². The van der Waals surface area contributed by atoms with Gasteiger partial charge >= 0.3 is 0 Å². The fourth-order valence-electron chi connectivity index (χ4n) is 6.66. The van der Waals surface area contributed by atoms with Crippen LogP contribution in [0.3, 0.4) is 0 Å². The second-order valence-electron chi connectivity index (χ2n) is 12.2. The van der Waals surface area contributed by atoms with Gasteiger partial charge in [-0.1, -0.05) is 19.3 Å². The topological polar surface area (TPSA) is 125 Å². The van der Waals surface area contributed by atoms with Gasteiger partial charge in [0.25, 0.3) is 11.8 Å². The molecule has 0 spiro atoms. The maximum Gasteiger partial charge on any atom is 0.271 e. The van der Waals surface area contributed by atoms with E-state index in [0.29, 0.717) is 61.7 Å². The van der Waals surface area contributed by atoms with Gasteiger partial charge in [0.1, 0.15) is 17.5 Å². The molecule has 44 heavy (non-hydrogen) atoms. The highest BCUT2D eigenvalue weighted by Gasteiger charge is 2.39. The van der Waals surface area contributed by atoms with Crippen molar-refractivity contribution in [3.8, 4) is 5.75 Å². The van der Waals surface area contributed by atoms with E-state index in [2.05, 4.69) is 10.6 Å². The van der Waals surface area contributed by atoms with E-state index in [1.165, 1.54) is 0 Å². The van der Waals surface area contributed by atoms with Gasteiger partial charge in [0.05, 0.1) is 30.3 Å². The Labute approximate surface area is 259 Å². The number of benzene rings is 1. The number of rotatable bonds is 9. The number of fused-ring (bicyclic) bond motifs is 1. The van der Waals surface area contributed by atoms with Crippen LogP contribution in [0.25, 0.3) is 10.9 Å². The molecule has 2 aromatic rings. The van der Waals surface area contributed by atoms with Crippen LogP contribution in [0, 0.1) is 5.92 Å². The molecule has 2 atom stereocenters. The van der Waals surface area contributed by atoms with Crippen molar-refractivity contribution < 1.29 is 28.7 Å². The minimum absolute atomic E-state index is 0.0116. The number of methoxy groups -OCH3 is 2. The molecule has 12 nitrogen and oxygen atoms in total. The van der Waals surface area contributed by atoms with Gasteiger partial charge in [-0.2, -0.15) is 0 Å². The van der Waals surface area contributed by atoms with Gasteiger partial charge in [-0.3, -0.25) is 19.2 Å². The smallest absolute Gasteiger partial charge is 0.271 e. The fourth-order valence-corrected chi connectivity index (χ4v) is 6.66. The van der Waals surface area contributed by atoms with Crippen LogP contribution in [0.5, 0.6) is 5.75 Å². The molecule has 2 saturated heterocycles. The monoisotopic (exact) mass is 610 g/mol. The molecule has 1 saturated carbocycles. The van der Waals surface area contributed by atoms with Crippen molar-refractivity contribution in [3.63, 3.8) is 0 Å². The number of hydrogen-bond donors (Lipinski definition) is 2. The van der Waals surface area contributed by atoms with Crippen molar-refractivity contribution in [3.05, 3.63) is 29.5 Å². The van der Waals surface area contributed by atoms with Crippen LogP contribution in [0.4, 0.5) is 0 Å². The van der Waals surface area contributed by atoms with Crippen molar-refractivity contribution in [2.75, 3.05) is 60.5 Å². The van der Waals surface area contributed by atoms with E-state index < -0.39 is 12.1 Å². The van der Waals surface area contributed by atoms with Crippen molar-refractivity contribution in [2.24, 2.45) is 13.0 Å². The minimum Gasteiger partial charge on any atom is -0.497 e. The van der Waals surface area contributed by atoms with Gasteiger partial charge in [-0.25, -0.2) is 0 Å². The Kier molecular flexibility index (Phi) is 9.79. The van der Waals surface area contributed by atoms with Crippen molar-refractivity contribution in [1.29, 1.82) is 0 Å². The van der Waals surface area contributed by atoms with Crippen LogP contribution in [0.15, 0.2) is 18.2 Å². The number of carbonyl (C=O) groups is 4. The zero-order chi connectivity index (χ0) is 31.5. The Morgan fingerprint density at radius 1 is 0.909 bits per heavy atom. The molecule has 1 aromatic heterocycles. The summed E-state index contributed by atoms with van der Waals surface area (Å²) in [4.78, 5) is 59.8. The van der Waals surface area contributed by atoms with Crippen molar-refractivity contribution in [2.45, 2.75) is 57.2 Å². The summed E-state index contributed by atoms with van der Waals surface area (Å²) in [5, 5.41) is 6.68. The molecule has 3 heterocycles. The highest BCUT2D eigenvalue weighted by Crippen LogP contribution is 2.32. The van der Waals surface area contributed by atoms with Gasteiger partial charge in [0.2, 0.25) is 11.8 Å². The number of piperazine rings is 1. The standard InChI is InChI=1S/C32H46N6O6/c1-20(33-2)29(39)34-27(21-9-7-6-8-10-21)31(41)36-13-15-37(16-14-36)32(42)28-26(30(40)38-18-23(19-38)44-5)24-12-11-22(43-4)17-25(24)35(28)3/h11-12,17,20-21,23,27,33H,6-10,13-16,18-19H2,1-5H3,(H,34,39). The number of carbonyl (C=O) groups excluding carboxylic acids is 4. The summed E-state index contributed by atoms with van der Waals surface area (Å²) < 4.78 is 12.6. The maximum absolute atomic E-state index is 14.1. The minimum atomic E-state index is -0.578. The van der Waals surface area contributed by atoms with Crippen LogP contribution in [0.2, 0.25) is 0 Å². The summed E-state index contributed by atoms with van der Waals surface area (Å²) in [7, 11) is 6.73. The maximum atomic E-state index is 14.1.